The van der Waals surface area contributed by atoms with Gasteiger partial charge in [-0.2, -0.15) is 5.21 Å². The van der Waals surface area contributed by atoms with Crippen LogP contribution < -0.4 is 5.32 Å². The van der Waals surface area contributed by atoms with E-state index in [0.717, 1.165) is 27.5 Å². The molecule has 0 bridgehead atoms. The molecule has 4 N–H and O–H groups in total. The summed E-state index contributed by atoms with van der Waals surface area (Å²) >= 11 is 0. The molecule has 9 nitrogen and oxygen atoms in total. The fourth-order valence-electron chi connectivity index (χ4n) is 2.93. The Balaban J connectivity index is 1.64. The number of furan rings is 1. The maximum absolute atomic E-state index is 11.2. The standard InChI is InChI=1S/C16H16N5O4P/c22-26(23,24)9-17-13(16-18-20-21-19-16)7-10-5-6-12-11-3-1-2-4-14(11)25-15(12)8-10/h1-6,8,13,17H,7,9H2,(H2,22,23,24)(H,18,19,20,21)/t13-/m0/s1. The van der Waals surface area contributed by atoms with Crippen molar-refractivity contribution in [1.29, 1.82) is 0 Å². The molecule has 0 saturated heterocycles. The first-order chi connectivity index (χ1) is 12.5. The molecule has 0 radical (unpaired) electrons. The maximum Gasteiger partial charge on any atom is 0.339 e. The van der Waals surface area contributed by atoms with Crippen LogP contribution in [0, 0.1) is 0 Å². The Morgan fingerprint density at radius 3 is 2.73 bits per heavy atom. The van der Waals surface area contributed by atoms with E-state index >= 15 is 0 Å². The predicted molar refractivity (Wildman–Crippen MR) is 94.4 cm³/mol. The fourth-order valence-corrected chi connectivity index (χ4v) is 3.39. The van der Waals surface area contributed by atoms with Gasteiger partial charge in [0.25, 0.3) is 0 Å². The van der Waals surface area contributed by atoms with E-state index in [4.69, 9.17) is 14.2 Å². The van der Waals surface area contributed by atoms with E-state index in [1.807, 2.05) is 42.5 Å². The van der Waals surface area contributed by atoms with Crippen LogP contribution in [-0.2, 0) is 11.0 Å². The second-order valence-corrected chi connectivity index (χ2v) is 7.63. The molecule has 0 fully saturated rings. The van der Waals surface area contributed by atoms with Gasteiger partial charge in [0.2, 0.25) is 0 Å². The smallest absolute Gasteiger partial charge is 0.339 e. The minimum absolute atomic E-state index is 0.336. The highest BCUT2D eigenvalue weighted by Crippen LogP contribution is 2.34. The van der Waals surface area contributed by atoms with Gasteiger partial charge in [-0.25, -0.2) is 0 Å². The van der Waals surface area contributed by atoms with Gasteiger partial charge in [-0.05, 0) is 24.1 Å². The van der Waals surface area contributed by atoms with E-state index in [1.54, 1.807) is 0 Å². The number of H-pyrrole nitrogens is 1. The third-order valence-corrected chi connectivity index (χ3v) is 4.69. The summed E-state index contributed by atoms with van der Waals surface area (Å²) in [6.45, 7) is 0. The molecule has 0 aliphatic rings. The molecule has 0 saturated carbocycles. The molecule has 10 heteroatoms. The van der Waals surface area contributed by atoms with E-state index in [0.29, 0.717) is 12.2 Å². The zero-order valence-electron chi connectivity index (χ0n) is 13.5. The topological polar surface area (TPSA) is 137 Å². The average molecular weight is 373 g/mol. The van der Waals surface area contributed by atoms with Crippen molar-refractivity contribution >= 4 is 29.5 Å². The van der Waals surface area contributed by atoms with Crippen LogP contribution in [-0.4, -0.2) is 36.7 Å². The Kier molecular flexibility index (Phi) is 4.29. The number of para-hydroxylation sites is 1. The van der Waals surface area contributed by atoms with Gasteiger partial charge in [-0.3, -0.25) is 9.88 Å². The molecule has 4 rings (SSSR count). The number of rotatable bonds is 6. The lowest BCUT2D eigenvalue weighted by molar-refractivity contribution is 0.362. The first kappa shape index (κ1) is 16.9. The summed E-state index contributed by atoms with van der Waals surface area (Å²) in [4.78, 5) is 18.2. The SMILES string of the molecule is O=P(O)(O)CN[C@@H](Cc1ccc2c(c1)oc1ccccc12)c1nn[nH]n1. The summed E-state index contributed by atoms with van der Waals surface area (Å²) in [7, 11) is -4.20. The number of fused-ring (bicyclic) bond motifs is 3. The van der Waals surface area contributed by atoms with Gasteiger partial charge in [0, 0.05) is 10.8 Å². The van der Waals surface area contributed by atoms with Crippen LogP contribution in [0.2, 0.25) is 0 Å². The molecule has 4 aromatic rings. The van der Waals surface area contributed by atoms with Crippen molar-refractivity contribution in [3.63, 3.8) is 0 Å². The van der Waals surface area contributed by atoms with Crippen LogP contribution >= 0.6 is 7.60 Å². The van der Waals surface area contributed by atoms with E-state index in [9.17, 15) is 4.57 Å². The van der Waals surface area contributed by atoms with Crippen LogP contribution in [0.5, 0.6) is 0 Å². The number of aromatic amines is 1. The second kappa shape index (κ2) is 6.62. The van der Waals surface area contributed by atoms with E-state index in [2.05, 4.69) is 25.9 Å². The van der Waals surface area contributed by atoms with E-state index in [1.165, 1.54) is 0 Å². The number of nitrogens with one attached hydrogen (secondary N) is 2. The van der Waals surface area contributed by atoms with Gasteiger partial charge in [-0.15, -0.1) is 10.2 Å². The summed E-state index contributed by atoms with van der Waals surface area (Å²) in [5.41, 5.74) is 2.49. The fraction of sp³-hybridized carbons (Fsp3) is 0.188. The molecule has 2 aromatic carbocycles. The molecule has 2 aromatic heterocycles. The van der Waals surface area contributed by atoms with Crippen molar-refractivity contribution in [1.82, 2.24) is 25.9 Å². The molecular weight excluding hydrogens is 357 g/mol. The maximum atomic E-state index is 11.2. The number of tetrazole rings is 1. The molecule has 2 heterocycles. The van der Waals surface area contributed by atoms with Crippen molar-refractivity contribution in [3.8, 4) is 0 Å². The monoisotopic (exact) mass is 373 g/mol. The number of hydrogen-bond acceptors (Lipinski definition) is 6. The van der Waals surface area contributed by atoms with Gasteiger partial charge in [-0.1, -0.05) is 35.5 Å². The second-order valence-electron chi connectivity index (χ2n) is 5.98. The minimum atomic E-state index is -4.20. The predicted octanol–water partition coefficient (Wildman–Crippen LogP) is 2.11. The van der Waals surface area contributed by atoms with Gasteiger partial charge in [0.1, 0.15) is 11.2 Å². The van der Waals surface area contributed by atoms with Crippen LogP contribution in [0.25, 0.3) is 21.9 Å². The zero-order chi connectivity index (χ0) is 18.1. The van der Waals surface area contributed by atoms with E-state index < -0.39 is 19.9 Å². The van der Waals surface area contributed by atoms with Gasteiger partial charge >= 0.3 is 7.60 Å². The van der Waals surface area contributed by atoms with E-state index in [-0.39, 0.29) is 0 Å². The Morgan fingerprint density at radius 1 is 1.15 bits per heavy atom. The summed E-state index contributed by atoms with van der Waals surface area (Å²) in [5.74, 6) is 0.336. The molecule has 0 aliphatic carbocycles. The highest BCUT2D eigenvalue weighted by molar-refractivity contribution is 7.51. The first-order valence-corrected chi connectivity index (χ1v) is 9.71. The largest absolute Gasteiger partial charge is 0.456 e. The summed E-state index contributed by atoms with van der Waals surface area (Å²) in [5, 5.41) is 18.6. The van der Waals surface area contributed by atoms with Crippen LogP contribution in [0.1, 0.15) is 17.4 Å². The third kappa shape index (κ3) is 3.51. The lowest BCUT2D eigenvalue weighted by atomic mass is 10.0. The Morgan fingerprint density at radius 2 is 1.96 bits per heavy atom. The normalized spacial score (nSPS) is 13.5. The van der Waals surface area contributed by atoms with Crippen molar-refractivity contribution in [2.45, 2.75) is 12.5 Å². The lowest BCUT2D eigenvalue weighted by Crippen LogP contribution is -2.25. The molecule has 0 aliphatic heterocycles. The first-order valence-electron chi connectivity index (χ1n) is 7.91. The van der Waals surface area contributed by atoms with Crippen LogP contribution in [0.3, 0.4) is 0 Å². The number of nitrogens with zero attached hydrogens (tertiary/aromatic N) is 3. The van der Waals surface area contributed by atoms with Crippen LogP contribution in [0.15, 0.2) is 46.9 Å². The number of benzene rings is 2. The summed E-state index contributed by atoms with van der Waals surface area (Å²) in [6.07, 6.45) is -0.0500. The Labute approximate surface area is 147 Å². The minimum Gasteiger partial charge on any atom is -0.456 e. The Hall–Kier alpha value is -2.58. The quantitative estimate of drug-likeness (QED) is 0.377. The Bertz CT molecular complexity index is 1090. The number of aromatic nitrogens is 4. The highest BCUT2D eigenvalue weighted by atomic mass is 31.2. The van der Waals surface area contributed by atoms with Crippen molar-refractivity contribution in [3.05, 3.63) is 53.9 Å². The van der Waals surface area contributed by atoms with Gasteiger partial charge in [0.05, 0.1) is 12.3 Å². The van der Waals surface area contributed by atoms with Crippen molar-refractivity contribution in [2.24, 2.45) is 0 Å². The van der Waals surface area contributed by atoms with Crippen molar-refractivity contribution in [2.75, 3.05) is 6.29 Å². The highest BCUT2D eigenvalue weighted by Gasteiger charge is 2.21. The van der Waals surface area contributed by atoms with Crippen LogP contribution in [0.4, 0.5) is 0 Å². The number of hydrogen-bond donors (Lipinski definition) is 4. The average Bonchev–Trinajstić information content (AvgIpc) is 3.25. The summed E-state index contributed by atoms with van der Waals surface area (Å²) in [6, 6.07) is 13.2. The third-order valence-electron chi connectivity index (χ3n) is 4.10. The summed E-state index contributed by atoms with van der Waals surface area (Å²) < 4.78 is 17.1. The van der Waals surface area contributed by atoms with Gasteiger partial charge < -0.3 is 14.2 Å². The molecule has 0 amide bonds. The van der Waals surface area contributed by atoms with Crippen molar-refractivity contribution < 1.29 is 18.8 Å². The molecule has 0 unspecified atom stereocenters. The molecule has 0 spiro atoms. The van der Waals surface area contributed by atoms with Gasteiger partial charge in [0.15, 0.2) is 5.82 Å². The molecular formula is C16H16N5O4P. The molecule has 1 atom stereocenters. The zero-order valence-corrected chi connectivity index (χ0v) is 14.4. The molecule has 26 heavy (non-hydrogen) atoms. The molecule has 134 valence electrons. The lowest BCUT2D eigenvalue weighted by Gasteiger charge is -2.16.